The number of hydrogen-bond acceptors (Lipinski definition) is 4. The number of nitrogens with zero attached hydrogens (tertiary/aromatic N) is 1. The fourth-order valence-electron chi connectivity index (χ4n) is 4.03. The van der Waals surface area contributed by atoms with Crippen LogP contribution < -0.4 is 5.32 Å². The molecule has 0 fully saturated rings. The molecule has 26 heavy (non-hydrogen) atoms. The summed E-state index contributed by atoms with van der Waals surface area (Å²) < 4.78 is 0. The van der Waals surface area contributed by atoms with E-state index in [0.29, 0.717) is 16.3 Å². The van der Waals surface area contributed by atoms with Crippen molar-refractivity contribution in [2.24, 2.45) is 5.92 Å². The second-order valence-electron chi connectivity index (χ2n) is 6.51. The Kier molecular flexibility index (Phi) is 3.92. The molecule has 0 spiro atoms. The summed E-state index contributed by atoms with van der Waals surface area (Å²) in [5.74, 6) is -1.24. The lowest BCUT2D eigenvalue weighted by Crippen LogP contribution is -2.31. The van der Waals surface area contributed by atoms with Gasteiger partial charge in [0.2, 0.25) is 0 Å². The van der Waals surface area contributed by atoms with Gasteiger partial charge in [0.05, 0.1) is 27.8 Å². The first-order chi connectivity index (χ1) is 12.5. The molecule has 7 heteroatoms. The van der Waals surface area contributed by atoms with Crippen molar-refractivity contribution in [2.45, 2.75) is 18.4 Å². The number of benzene rings is 2. The fourth-order valence-corrected chi connectivity index (χ4v) is 4.15. The number of aromatic carboxylic acids is 1. The highest BCUT2D eigenvalue weighted by Crippen LogP contribution is 2.53. The lowest BCUT2D eigenvalue weighted by atomic mass is 9.75. The number of rotatable bonds is 3. The molecular formula is C19H15ClN2O4. The van der Waals surface area contributed by atoms with E-state index >= 15 is 0 Å². The number of carboxylic acid groups (broad SMARTS) is 1. The number of carbonyl (C=O) groups is 1. The third-order valence-electron chi connectivity index (χ3n) is 5.15. The second-order valence-corrected chi connectivity index (χ2v) is 6.95. The van der Waals surface area contributed by atoms with E-state index in [4.69, 9.17) is 11.6 Å². The Morgan fingerprint density at radius 1 is 1.23 bits per heavy atom. The van der Waals surface area contributed by atoms with Crippen molar-refractivity contribution in [3.05, 3.63) is 80.4 Å². The van der Waals surface area contributed by atoms with Gasteiger partial charge in [-0.25, -0.2) is 4.79 Å². The van der Waals surface area contributed by atoms with Crippen LogP contribution in [0.1, 0.15) is 39.9 Å². The van der Waals surface area contributed by atoms with Gasteiger partial charge in [0, 0.05) is 17.0 Å². The molecule has 0 unspecified atom stereocenters. The van der Waals surface area contributed by atoms with Crippen molar-refractivity contribution in [1.29, 1.82) is 0 Å². The number of carboxylic acids is 1. The molecule has 4 rings (SSSR count). The average Bonchev–Trinajstić information content (AvgIpc) is 3.10. The van der Waals surface area contributed by atoms with Crippen LogP contribution in [0, 0.1) is 16.0 Å². The van der Waals surface area contributed by atoms with Crippen molar-refractivity contribution >= 4 is 28.9 Å². The van der Waals surface area contributed by atoms with E-state index < -0.39 is 10.9 Å². The number of nitrogens with one attached hydrogen (secondary N) is 1. The Bertz CT molecular complexity index is 939. The standard InChI is InChI=1S/C19H15ClN2O4/c20-11-6-4-10(5-7-11)17-13-3-1-2-12(13)16-15(22(25)26)9-8-14(19(23)24)18(16)21-17/h1-2,4-9,12-13,17,21H,3H2,(H,23,24)/t12-,13-,17-/m1/s1. The Morgan fingerprint density at radius 2 is 1.96 bits per heavy atom. The Labute approximate surface area is 154 Å². The van der Waals surface area contributed by atoms with Gasteiger partial charge < -0.3 is 10.4 Å². The highest BCUT2D eigenvalue weighted by Gasteiger charge is 2.43. The minimum absolute atomic E-state index is 0.0447. The predicted octanol–water partition coefficient (Wildman–Crippen LogP) is 4.77. The van der Waals surface area contributed by atoms with Crippen LogP contribution in [0.4, 0.5) is 11.4 Å². The number of hydrogen-bond donors (Lipinski definition) is 2. The monoisotopic (exact) mass is 370 g/mol. The third kappa shape index (κ3) is 2.54. The molecule has 0 aromatic heterocycles. The zero-order valence-electron chi connectivity index (χ0n) is 13.6. The molecule has 2 aliphatic rings. The molecule has 0 amide bonds. The molecule has 3 atom stereocenters. The molecule has 1 aliphatic carbocycles. The number of anilines is 1. The van der Waals surface area contributed by atoms with Gasteiger partial charge in [0.1, 0.15) is 0 Å². The number of fused-ring (bicyclic) bond motifs is 3. The summed E-state index contributed by atoms with van der Waals surface area (Å²) in [5.41, 5.74) is 1.76. The molecule has 0 bridgehead atoms. The van der Waals surface area contributed by atoms with E-state index in [0.717, 1.165) is 12.0 Å². The predicted molar refractivity (Wildman–Crippen MR) is 97.9 cm³/mol. The largest absolute Gasteiger partial charge is 0.478 e. The molecular weight excluding hydrogens is 356 g/mol. The van der Waals surface area contributed by atoms with Crippen LogP contribution in [0.15, 0.2) is 48.6 Å². The summed E-state index contributed by atoms with van der Waals surface area (Å²) in [5, 5.41) is 25.0. The van der Waals surface area contributed by atoms with Crippen LogP contribution in [-0.2, 0) is 0 Å². The zero-order valence-corrected chi connectivity index (χ0v) is 14.3. The second kappa shape index (κ2) is 6.14. The van der Waals surface area contributed by atoms with Crippen molar-refractivity contribution in [1.82, 2.24) is 0 Å². The molecule has 1 heterocycles. The van der Waals surface area contributed by atoms with E-state index in [-0.39, 0.29) is 29.1 Å². The highest BCUT2D eigenvalue weighted by molar-refractivity contribution is 6.30. The first kappa shape index (κ1) is 16.6. The molecule has 2 N–H and O–H groups in total. The summed E-state index contributed by atoms with van der Waals surface area (Å²) >= 11 is 5.98. The lowest BCUT2D eigenvalue weighted by Gasteiger charge is -2.37. The maximum atomic E-state index is 11.7. The molecule has 0 radical (unpaired) electrons. The number of nitro benzene ring substituents is 1. The SMILES string of the molecule is O=C(O)c1ccc([N+](=O)[O-])c2c1N[C@H](c1ccc(Cl)cc1)[C@@H]1CC=C[C@@H]21. The minimum Gasteiger partial charge on any atom is -0.478 e. The minimum atomic E-state index is -1.11. The number of halogens is 1. The van der Waals surface area contributed by atoms with Crippen molar-refractivity contribution in [3.8, 4) is 0 Å². The number of allylic oxidation sites excluding steroid dienone is 2. The van der Waals surface area contributed by atoms with Crippen molar-refractivity contribution in [2.75, 3.05) is 5.32 Å². The third-order valence-corrected chi connectivity index (χ3v) is 5.40. The zero-order chi connectivity index (χ0) is 18.4. The number of nitro groups is 1. The van der Waals surface area contributed by atoms with Crippen LogP contribution in [-0.4, -0.2) is 16.0 Å². The summed E-state index contributed by atoms with van der Waals surface area (Å²) in [4.78, 5) is 22.8. The molecule has 6 nitrogen and oxygen atoms in total. The van der Waals surface area contributed by atoms with Gasteiger partial charge in [0.15, 0.2) is 0 Å². The summed E-state index contributed by atoms with van der Waals surface area (Å²) in [6.45, 7) is 0. The van der Waals surface area contributed by atoms with E-state index in [9.17, 15) is 20.0 Å². The molecule has 0 saturated heterocycles. The van der Waals surface area contributed by atoms with E-state index in [2.05, 4.69) is 5.32 Å². The maximum absolute atomic E-state index is 11.7. The first-order valence-corrected chi connectivity index (χ1v) is 8.58. The van der Waals surface area contributed by atoms with Gasteiger partial charge in [-0.2, -0.15) is 0 Å². The Balaban J connectivity index is 1.91. The Morgan fingerprint density at radius 3 is 2.62 bits per heavy atom. The van der Waals surface area contributed by atoms with Crippen molar-refractivity contribution < 1.29 is 14.8 Å². The van der Waals surface area contributed by atoms with Gasteiger partial charge in [-0.15, -0.1) is 0 Å². The van der Waals surface area contributed by atoms with Crippen molar-refractivity contribution in [3.63, 3.8) is 0 Å². The Hall–Kier alpha value is -2.86. The maximum Gasteiger partial charge on any atom is 0.337 e. The van der Waals surface area contributed by atoms with Gasteiger partial charge in [-0.05, 0) is 36.1 Å². The van der Waals surface area contributed by atoms with Gasteiger partial charge in [-0.1, -0.05) is 35.9 Å². The smallest absolute Gasteiger partial charge is 0.337 e. The van der Waals surface area contributed by atoms with Gasteiger partial charge in [0.25, 0.3) is 5.69 Å². The lowest BCUT2D eigenvalue weighted by molar-refractivity contribution is -0.385. The molecule has 2 aromatic carbocycles. The molecule has 0 saturated carbocycles. The molecule has 2 aromatic rings. The molecule has 132 valence electrons. The summed E-state index contributed by atoms with van der Waals surface area (Å²) in [7, 11) is 0. The quantitative estimate of drug-likeness (QED) is 0.461. The highest BCUT2D eigenvalue weighted by atomic mass is 35.5. The fraction of sp³-hybridized carbons (Fsp3) is 0.211. The summed E-state index contributed by atoms with van der Waals surface area (Å²) in [6, 6.07) is 9.81. The van der Waals surface area contributed by atoms with Gasteiger partial charge >= 0.3 is 5.97 Å². The van der Waals surface area contributed by atoms with Crippen LogP contribution in [0.25, 0.3) is 0 Å². The first-order valence-electron chi connectivity index (χ1n) is 8.20. The topological polar surface area (TPSA) is 92.5 Å². The van der Waals surface area contributed by atoms with E-state index in [1.165, 1.54) is 12.1 Å². The van der Waals surface area contributed by atoms with E-state index in [1.54, 1.807) is 12.1 Å². The van der Waals surface area contributed by atoms with Crippen LogP contribution in [0.5, 0.6) is 0 Å². The van der Waals surface area contributed by atoms with E-state index in [1.807, 2.05) is 24.3 Å². The van der Waals surface area contributed by atoms with Gasteiger partial charge in [-0.3, -0.25) is 10.1 Å². The normalized spacial score (nSPS) is 23.0. The van der Waals surface area contributed by atoms with Crippen LogP contribution >= 0.6 is 11.6 Å². The summed E-state index contributed by atoms with van der Waals surface area (Å²) in [6.07, 6.45) is 4.72. The van der Waals surface area contributed by atoms with Crippen LogP contribution in [0.2, 0.25) is 5.02 Å². The van der Waals surface area contributed by atoms with Crippen LogP contribution in [0.3, 0.4) is 0 Å². The average molecular weight is 371 g/mol. The molecule has 1 aliphatic heterocycles.